The van der Waals surface area contributed by atoms with Gasteiger partial charge in [-0.3, -0.25) is 14.3 Å². The summed E-state index contributed by atoms with van der Waals surface area (Å²) < 4.78 is 1.64. The fourth-order valence-corrected chi connectivity index (χ4v) is 3.70. The molecule has 3 aromatic rings. The summed E-state index contributed by atoms with van der Waals surface area (Å²) in [5, 5.41) is 16.6. The van der Waals surface area contributed by atoms with Gasteiger partial charge in [-0.25, -0.2) is 0 Å². The van der Waals surface area contributed by atoms with E-state index in [0.29, 0.717) is 18.7 Å². The normalized spacial score (nSPS) is 17.4. The van der Waals surface area contributed by atoms with Crippen LogP contribution in [0.4, 0.5) is 0 Å². The molecule has 150 valence electrons. The average Bonchev–Trinajstić information content (AvgIpc) is 3.01. The molecule has 29 heavy (non-hydrogen) atoms. The van der Waals surface area contributed by atoms with Crippen molar-refractivity contribution in [1.29, 1.82) is 0 Å². The number of aryl methyl sites for hydroxylation is 1. The molecule has 0 spiro atoms. The molecule has 0 bridgehead atoms. The standard InChI is InChI=1S/C22H24N4O3/c1-16-8-9-23-26(16)15-21(28)24-10-11-25(14-20(27)13-24)22(29)19-7-6-17-4-2-3-5-18(17)12-19/h2-9,12,20,27H,10-11,13-15H2,1H3. The molecule has 1 N–H and O–H groups in total. The second-order valence-corrected chi connectivity index (χ2v) is 7.44. The first-order valence-corrected chi connectivity index (χ1v) is 9.73. The fourth-order valence-electron chi connectivity index (χ4n) is 3.70. The predicted octanol–water partition coefficient (Wildman–Crippen LogP) is 1.69. The molecule has 7 nitrogen and oxygen atoms in total. The summed E-state index contributed by atoms with van der Waals surface area (Å²) in [7, 11) is 0. The van der Waals surface area contributed by atoms with Crippen molar-refractivity contribution in [3.05, 3.63) is 66.0 Å². The monoisotopic (exact) mass is 392 g/mol. The summed E-state index contributed by atoms with van der Waals surface area (Å²) in [6.07, 6.45) is 0.869. The highest BCUT2D eigenvalue weighted by Crippen LogP contribution is 2.18. The quantitative estimate of drug-likeness (QED) is 0.736. The Kier molecular flexibility index (Phi) is 5.31. The average molecular weight is 392 g/mol. The number of benzene rings is 2. The number of fused-ring (bicyclic) bond motifs is 1. The summed E-state index contributed by atoms with van der Waals surface area (Å²) in [6, 6.07) is 15.3. The first-order valence-electron chi connectivity index (χ1n) is 9.73. The van der Waals surface area contributed by atoms with E-state index in [0.717, 1.165) is 16.5 Å². The number of carbonyl (C=O) groups excluding carboxylic acids is 2. The Morgan fingerprint density at radius 3 is 2.52 bits per heavy atom. The predicted molar refractivity (Wildman–Crippen MR) is 109 cm³/mol. The molecule has 1 aliphatic heterocycles. The molecule has 4 rings (SSSR count). The molecular weight excluding hydrogens is 368 g/mol. The zero-order chi connectivity index (χ0) is 20.4. The Labute approximate surface area is 169 Å². The molecule has 1 unspecified atom stereocenters. The van der Waals surface area contributed by atoms with Crippen molar-refractivity contribution in [2.24, 2.45) is 0 Å². The first kappa shape index (κ1) is 19.1. The van der Waals surface area contributed by atoms with Gasteiger partial charge in [0.1, 0.15) is 6.54 Å². The Morgan fingerprint density at radius 1 is 1.03 bits per heavy atom. The largest absolute Gasteiger partial charge is 0.389 e. The van der Waals surface area contributed by atoms with Gasteiger partial charge >= 0.3 is 0 Å². The van der Waals surface area contributed by atoms with Crippen LogP contribution in [-0.4, -0.2) is 68.8 Å². The molecule has 2 heterocycles. The lowest BCUT2D eigenvalue weighted by Crippen LogP contribution is -2.39. The van der Waals surface area contributed by atoms with E-state index >= 15 is 0 Å². The Hall–Kier alpha value is -3.19. The smallest absolute Gasteiger partial charge is 0.254 e. The van der Waals surface area contributed by atoms with Gasteiger partial charge in [0.25, 0.3) is 5.91 Å². The van der Waals surface area contributed by atoms with Crippen molar-refractivity contribution < 1.29 is 14.7 Å². The van der Waals surface area contributed by atoms with Crippen molar-refractivity contribution >= 4 is 22.6 Å². The van der Waals surface area contributed by atoms with Crippen LogP contribution in [0, 0.1) is 6.92 Å². The highest BCUT2D eigenvalue weighted by atomic mass is 16.3. The molecule has 2 aromatic carbocycles. The highest BCUT2D eigenvalue weighted by molar-refractivity contribution is 5.98. The van der Waals surface area contributed by atoms with Crippen LogP contribution in [0.2, 0.25) is 0 Å². The minimum absolute atomic E-state index is 0.115. The molecule has 1 fully saturated rings. The van der Waals surface area contributed by atoms with Crippen molar-refractivity contribution in [3.63, 3.8) is 0 Å². The maximum atomic E-state index is 13.0. The number of hydrogen-bond acceptors (Lipinski definition) is 4. The molecule has 2 amide bonds. The van der Waals surface area contributed by atoms with Crippen LogP contribution in [0.15, 0.2) is 54.7 Å². The maximum Gasteiger partial charge on any atom is 0.254 e. The van der Waals surface area contributed by atoms with Gasteiger partial charge in [-0.1, -0.05) is 30.3 Å². The van der Waals surface area contributed by atoms with Crippen molar-refractivity contribution in [3.8, 4) is 0 Å². The van der Waals surface area contributed by atoms with Crippen LogP contribution >= 0.6 is 0 Å². The van der Waals surface area contributed by atoms with Crippen LogP contribution in [0.25, 0.3) is 10.8 Å². The Morgan fingerprint density at radius 2 is 1.76 bits per heavy atom. The number of aromatic nitrogens is 2. The van der Waals surface area contributed by atoms with Gasteiger partial charge in [-0.2, -0.15) is 5.10 Å². The van der Waals surface area contributed by atoms with E-state index in [4.69, 9.17) is 0 Å². The first-order chi connectivity index (χ1) is 14.0. The van der Waals surface area contributed by atoms with Crippen LogP contribution in [0.5, 0.6) is 0 Å². The number of β-amino-alcohol motifs (C(OH)–C–C–N with tert-alkyl or cyclic N) is 1. The van der Waals surface area contributed by atoms with E-state index in [1.54, 1.807) is 20.7 Å². The zero-order valence-electron chi connectivity index (χ0n) is 16.4. The van der Waals surface area contributed by atoms with Gasteiger partial charge < -0.3 is 14.9 Å². The lowest BCUT2D eigenvalue weighted by Gasteiger charge is -2.22. The summed E-state index contributed by atoms with van der Waals surface area (Å²) in [5.41, 5.74) is 1.49. The Bertz CT molecular complexity index is 1050. The van der Waals surface area contributed by atoms with Gasteiger partial charge in [-0.15, -0.1) is 0 Å². The second-order valence-electron chi connectivity index (χ2n) is 7.44. The number of aliphatic hydroxyl groups is 1. The third-order valence-corrected chi connectivity index (χ3v) is 5.35. The summed E-state index contributed by atoms with van der Waals surface area (Å²) >= 11 is 0. The SMILES string of the molecule is Cc1ccnn1CC(=O)N1CCN(C(=O)c2ccc3ccccc3c2)CC(O)C1. The number of nitrogens with zero attached hydrogens (tertiary/aromatic N) is 4. The summed E-state index contributed by atoms with van der Waals surface area (Å²) in [5.74, 6) is -0.247. The van der Waals surface area contributed by atoms with E-state index in [1.807, 2.05) is 55.5 Å². The van der Waals surface area contributed by atoms with Gasteiger partial charge in [0.15, 0.2) is 0 Å². The molecule has 0 saturated carbocycles. The van der Waals surface area contributed by atoms with Gasteiger partial charge in [0, 0.05) is 43.6 Å². The number of carbonyl (C=O) groups is 2. The maximum absolute atomic E-state index is 13.0. The summed E-state index contributed by atoms with van der Waals surface area (Å²) in [4.78, 5) is 28.9. The van der Waals surface area contributed by atoms with E-state index < -0.39 is 6.10 Å². The fraction of sp³-hybridized carbons (Fsp3) is 0.318. The zero-order valence-corrected chi connectivity index (χ0v) is 16.4. The van der Waals surface area contributed by atoms with Crippen molar-refractivity contribution in [1.82, 2.24) is 19.6 Å². The third-order valence-electron chi connectivity index (χ3n) is 5.35. The van der Waals surface area contributed by atoms with E-state index in [-0.39, 0.29) is 31.4 Å². The van der Waals surface area contributed by atoms with Crippen LogP contribution in [0.1, 0.15) is 16.1 Å². The lowest BCUT2D eigenvalue weighted by molar-refractivity contribution is -0.133. The molecule has 7 heteroatoms. The Balaban J connectivity index is 1.46. The molecule has 0 radical (unpaired) electrons. The third kappa shape index (κ3) is 4.14. The molecule has 0 aliphatic carbocycles. The molecular formula is C22H24N4O3. The second kappa shape index (κ2) is 8.05. The van der Waals surface area contributed by atoms with Crippen LogP contribution in [-0.2, 0) is 11.3 Å². The van der Waals surface area contributed by atoms with Crippen LogP contribution < -0.4 is 0 Å². The molecule has 1 atom stereocenters. The number of aliphatic hydroxyl groups excluding tert-OH is 1. The summed E-state index contributed by atoms with van der Waals surface area (Å²) in [6.45, 7) is 3.20. The number of rotatable bonds is 3. The molecule has 1 aliphatic rings. The van der Waals surface area contributed by atoms with Crippen molar-refractivity contribution in [2.75, 3.05) is 26.2 Å². The van der Waals surface area contributed by atoms with Crippen LogP contribution in [0.3, 0.4) is 0 Å². The number of amides is 2. The lowest BCUT2D eigenvalue weighted by atomic mass is 10.1. The minimum atomic E-state index is -0.787. The number of hydrogen-bond donors (Lipinski definition) is 1. The van der Waals surface area contributed by atoms with E-state index in [9.17, 15) is 14.7 Å². The topological polar surface area (TPSA) is 78.7 Å². The van der Waals surface area contributed by atoms with Crippen molar-refractivity contribution in [2.45, 2.75) is 19.6 Å². The van der Waals surface area contributed by atoms with Gasteiger partial charge in [0.2, 0.25) is 5.91 Å². The van der Waals surface area contributed by atoms with E-state index in [2.05, 4.69) is 5.10 Å². The molecule has 1 aromatic heterocycles. The highest BCUT2D eigenvalue weighted by Gasteiger charge is 2.27. The van der Waals surface area contributed by atoms with E-state index in [1.165, 1.54) is 0 Å². The minimum Gasteiger partial charge on any atom is -0.389 e. The van der Waals surface area contributed by atoms with Gasteiger partial charge in [-0.05, 0) is 35.9 Å². The molecule has 1 saturated heterocycles. The van der Waals surface area contributed by atoms with Gasteiger partial charge in [0.05, 0.1) is 6.10 Å².